The van der Waals surface area contributed by atoms with Crippen LogP contribution in [0, 0.1) is 5.92 Å². The second kappa shape index (κ2) is 7.24. The molecule has 1 saturated heterocycles. The first-order valence-corrected chi connectivity index (χ1v) is 9.08. The van der Waals surface area contributed by atoms with E-state index in [1.807, 2.05) is 0 Å². The molecule has 3 unspecified atom stereocenters. The van der Waals surface area contributed by atoms with Gasteiger partial charge < -0.3 is 16.4 Å². The zero-order valence-corrected chi connectivity index (χ0v) is 12.9. The SMILES string of the molecule is NC1CCC(NC2CCCCC2C2CCCCN2)CC1. The van der Waals surface area contributed by atoms with Gasteiger partial charge in [-0.2, -0.15) is 0 Å². The van der Waals surface area contributed by atoms with E-state index >= 15 is 0 Å². The fourth-order valence-electron chi connectivity index (χ4n) is 4.68. The number of hydrogen-bond donors (Lipinski definition) is 3. The first-order valence-electron chi connectivity index (χ1n) is 9.08. The van der Waals surface area contributed by atoms with Crippen LogP contribution in [0.5, 0.6) is 0 Å². The van der Waals surface area contributed by atoms with Crippen molar-refractivity contribution >= 4 is 0 Å². The first kappa shape index (κ1) is 14.8. The third-order valence-electron chi connectivity index (χ3n) is 5.91. The molecule has 3 fully saturated rings. The van der Waals surface area contributed by atoms with E-state index in [1.54, 1.807) is 0 Å². The highest BCUT2D eigenvalue weighted by Gasteiger charge is 2.33. The van der Waals surface area contributed by atoms with Crippen LogP contribution in [0.15, 0.2) is 0 Å². The third kappa shape index (κ3) is 3.75. The Morgan fingerprint density at radius 3 is 2.30 bits per heavy atom. The van der Waals surface area contributed by atoms with Crippen LogP contribution in [0.1, 0.15) is 70.6 Å². The van der Waals surface area contributed by atoms with Gasteiger partial charge in [0.15, 0.2) is 0 Å². The molecule has 3 heteroatoms. The van der Waals surface area contributed by atoms with Crippen molar-refractivity contribution in [3.63, 3.8) is 0 Å². The zero-order valence-electron chi connectivity index (χ0n) is 12.9. The second-order valence-corrected chi connectivity index (χ2v) is 7.39. The van der Waals surface area contributed by atoms with Crippen molar-refractivity contribution in [3.8, 4) is 0 Å². The molecule has 3 rings (SSSR count). The summed E-state index contributed by atoms with van der Waals surface area (Å²) in [6.07, 6.45) is 14.9. The fraction of sp³-hybridized carbons (Fsp3) is 1.00. The molecule has 0 aromatic heterocycles. The lowest BCUT2D eigenvalue weighted by atomic mass is 9.76. The molecule has 0 amide bonds. The smallest absolute Gasteiger partial charge is 0.0113 e. The highest BCUT2D eigenvalue weighted by molar-refractivity contribution is 4.93. The second-order valence-electron chi connectivity index (χ2n) is 7.39. The molecule has 1 heterocycles. The van der Waals surface area contributed by atoms with Gasteiger partial charge in [-0.3, -0.25) is 0 Å². The molecule has 2 saturated carbocycles. The van der Waals surface area contributed by atoms with Gasteiger partial charge in [-0.15, -0.1) is 0 Å². The summed E-state index contributed by atoms with van der Waals surface area (Å²) in [4.78, 5) is 0. The minimum Gasteiger partial charge on any atom is -0.328 e. The zero-order chi connectivity index (χ0) is 13.8. The molecule has 0 bridgehead atoms. The Kier molecular flexibility index (Phi) is 5.36. The molecule has 20 heavy (non-hydrogen) atoms. The van der Waals surface area contributed by atoms with Gasteiger partial charge in [0, 0.05) is 24.2 Å². The average molecular weight is 279 g/mol. The standard InChI is InChI=1S/C17H33N3/c18-13-8-10-14(11-9-13)20-17-7-2-1-5-15(17)16-6-3-4-12-19-16/h13-17,19-20H,1-12,18H2. The number of rotatable bonds is 3. The fourth-order valence-corrected chi connectivity index (χ4v) is 4.68. The summed E-state index contributed by atoms with van der Waals surface area (Å²) in [7, 11) is 0. The Morgan fingerprint density at radius 1 is 0.800 bits per heavy atom. The van der Waals surface area contributed by atoms with Crippen molar-refractivity contribution in [3.05, 3.63) is 0 Å². The van der Waals surface area contributed by atoms with E-state index in [1.165, 1.54) is 77.2 Å². The summed E-state index contributed by atoms with van der Waals surface area (Å²) in [5, 5.41) is 7.83. The van der Waals surface area contributed by atoms with Gasteiger partial charge in [0.2, 0.25) is 0 Å². The first-order chi connectivity index (χ1) is 9.83. The van der Waals surface area contributed by atoms with Crippen LogP contribution >= 0.6 is 0 Å². The molecule has 0 radical (unpaired) electrons. The van der Waals surface area contributed by atoms with Crippen LogP contribution < -0.4 is 16.4 Å². The lowest BCUT2D eigenvalue weighted by molar-refractivity contribution is 0.161. The predicted octanol–water partition coefficient (Wildman–Crippen LogP) is 2.55. The number of nitrogens with one attached hydrogen (secondary N) is 2. The normalized spacial score (nSPS) is 43.4. The predicted molar refractivity (Wildman–Crippen MR) is 84.8 cm³/mol. The van der Waals surface area contributed by atoms with Crippen molar-refractivity contribution in [2.45, 2.75) is 94.8 Å². The van der Waals surface area contributed by atoms with Gasteiger partial charge in [0.1, 0.15) is 0 Å². The third-order valence-corrected chi connectivity index (χ3v) is 5.91. The molecule has 3 nitrogen and oxygen atoms in total. The van der Waals surface area contributed by atoms with Crippen molar-refractivity contribution in [1.29, 1.82) is 0 Å². The monoisotopic (exact) mass is 279 g/mol. The maximum atomic E-state index is 6.04. The lowest BCUT2D eigenvalue weighted by Crippen LogP contribution is -2.53. The molecular formula is C17H33N3. The molecule has 0 aromatic rings. The Morgan fingerprint density at radius 2 is 1.55 bits per heavy atom. The Bertz CT molecular complexity index is 280. The molecular weight excluding hydrogens is 246 g/mol. The average Bonchev–Trinajstić information content (AvgIpc) is 2.51. The van der Waals surface area contributed by atoms with E-state index in [9.17, 15) is 0 Å². The molecule has 2 aliphatic carbocycles. The van der Waals surface area contributed by atoms with Gasteiger partial charge in [-0.1, -0.05) is 19.3 Å². The van der Waals surface area contributed by atoms with Crippen molar-refractivity contribution in [2.75, 3.05) is 6.54 Å². The molecule has 116 valence electrons. The van der Waals surface area contributed by atoms with Crippen molar-refractivity contribution < 1.29 is 0 Å². The van der Waals surface area contributed by atoms with E-state index in [2.05, 4.69) is 10.6 Å². The lowest BCUT2D eigenvalue weighted by Gasteiger charge is -2.42. The van der Waals surface area contributed by atoms with E-state index in [0.717, 1.165) is 24.0 Å². The minimum absolute atomic E-state index is 0.468. The van der Waals surface area contributed by atoms with E-state index in [0.29, 0.717) is 6.04 Å². The maximum absolute atomic E-state index is 6.04. The Labute approximate surface area is 124 Å². The largest absolute Gasteiger partial charge is 0.328 e. The number of hydrogen-bond acceptors (Lipinski definition) is 3. The Balaban J connectivity index is 1.54. The number of piperidine rings is 1. The van der Waals surface area contributed by atoms with Crippen LogP contribution in [-0.4, -0.2) is 30.7 Å². The highest BCUT2D eigenvalue weighted by Crippen LogP contribution is 2.31. The van der Waals surface area contributed by atoms with Gasteiger partial charge in [0.25, 0.3) is 0 Å². The van der Waals surface area contributed by atoms with Crippen LogP contribution in [0.3, 0.4) is 0 Å². The van der Waals surface area contributed by atoms with Gasteiger partial charge in [-0.25, -0.2) is 0 Å². The molecule has 0 spiro atoms. The molecule has 4 N–H and O–H groups in total. The van der Waals surface area contributed by atoms with Gasteiger partial charge in [0.05, 0.1) is 0 Å². The topological polar surface area (TPSA) is 50.1 Å². The summed E-state index contributed by atoms with van der Waals surface area (Å²) in [6, 6.07) is 2.75. The van der Waals surface area contributed by atoms with Crippen LogP contribution in [0.2, 0.25) is 0 Å². The van der Waals surface area contributed by atoms with Gasteiger partial charge >= 0.3 is 0 Å². The summed E-state index contributed by atoms with van der Waals surface area (Å²) in [5.74, 6) is 0.875. The number of nitrogens with two attached hydrogens (primary N) is 1. The summed E-state index contributed by atoms with van der Waals surface area (Å²) < 4.78 is 0. The van der Waals surface area contributed by atoms with E-state index < -0.39 is 0 Å². The minimum atomic E-state index is 0.468. The quantitative estimate of drug-likeness (QED) is 0.744. The molecule has 3 atom stereocenters. The summed E-state index contributed by atoms with van der Waals surface area (Å²) in [6.45, 7) is 1.24. The van der Waals surface area contributed by atoms with E-state index in [-0.39, 0.29) is 0 Å². The molecule has 3 aliphatic rings. The Hall–Kier alpha value is -0.120. The van der Waals surface area contributed by atoms with Gasteiger partial charge in [-0.05, 0) is 63.8 Å². The van der Waals surface area contributed by atoms with Crippen LogP contribution in [0.4, 0.5) is 0 Å². The molecule has 1 aliphatic heterocycles. The van der Waals surface area contributed by atoms with Crippen molar-refractivity contribution in [2.24, 2.45) is 11.7 Å². The highest BCUT2D eigenvalue weighted by atomic mass is 15.0. The van der Waals surface area contributed by atoms with E-state index in [4.69, 9.17) is 5.73 Å². The summed E-state index contributed by atoms with van der Waals surface area (Å²) in [5.41, 5.74) is 6.04. The van der Waals surface area contributed by atoms with Crippen molar-refractivity contribution in [1.82, 2.24) is 10.6 Å². The van der Waals surface area contributed by atoms with Crippen LogP contribution in [0.25, 0.3) is 0 Å². The van der Waals surface area contributed by atoms with Crippen LogP contribution in [-0.2, 0) is 0 Å². The maximum Gasteiger partial charge on any atom is 0.0113 e. The molecule has 0 aromatic carbocycles. The summed E-state index contributed by atoms with van der Waals surface area (Å²) >= 11 is 0.